The highest BCUT2D eigenvalue weighted by atomic mass is 35.5. The molecule has 1 aromatic rings. The Labute approximate surface area is 163 Å². The van der Waals surface area contributed by atoms with Gasteiger partial charge >= 0.3 is 5.97 Å². The van der Waals surface area contributed by atoms with Crippen molar-refractivity contribution in [2.75, 3.05) is 6.61 Å². The standard InChI is InChI=1S/C21H23ClFNO3/c1-5-27-20(26)17-11(2)24-15-9-21(3,4)10-16(25)19(15)18(17)13-8-12(22)6-7-14(13)23/h6-8,17-18H,5,9-10H2,1-4H3/t17?,18-/m1/s1. The van der Waals surface area contributed by atoms with Gasteiger partial charge in [-0.05, 0) is 49.4 Å². The van der Waals surface area contributed by atoms with Gasteiger partial charge < -0.3 is 4.74 Å². The van der Waals surface area contributed by atoms with Crippen LogP contribution in [-0.4, -0.2) is 24.1 Å². The highest BCUT2D eigenvalue weighted by Gasteiger charge is 2.46. The summed E-state index contributed by atoms with van der Waals surface area (Å²) in [6, 6.07) is 4.20. The van der Waals surface area contributed by atoms with Crippen LogP contribution in [0.2, 0.25) is 5.02 Å². The van der Waals surface area contributed by atoms with E-state index in [0.717, 1.165) is 0 Å². The van der Waals surface area contributed by atoms with Crippen molar-refractivity contribution in [3.05, 3.63) is 45.9 Å². The average Bonchev–Trinajstić information content (AvgIpc) is 2.54. The molecule has 4 nitrogen and oxygen atoms in total. The predicted molar refractivity (Wildman–Crippen MR) is 102 cm³/mol. The largest absolute Gasteiger partial charge is 0.465 e. The van der Waals surface area contributed by atoms with Gasteiger partial charge in [0.2, 0.25) is 0 Å². The van der Waals surface area contributed by atoms with Gasteiger partial charge in [0.05, 0.1) is 6.61 Å². The van der Waals surface area contributed by atoms with Crippen molar-refractivity contribution in [3.63, 3.8) is 0 Å². The molecule has 144 valence electrons. The molecule has 0 saturated heterocycles. The molecule has 0 N–H and O–H groups in total. The molecular formula is C21H23ClFNO3. The number of Topliss-reactive ketones (excluding diaryl/α,β-unsaturated/α-hetero) is 1. The third-order valence-corrected chi connectivity index (χ3v) is 5.37. The van der Waals surface area contributed by atoms with Crippen LogP contribution in [0.25, 0.3) is 0 Å². The molecule has 1 unspecified atom stereocenters. The summed E-state index contributed by atoms with van der Waals surface area (Å²) in [5, 5.41) is 0.347. The van der Waals surface area contributed by atoms with Crippen molar-refractivity contribution in [2.45, 2.75) is 46.5 Å². The normalized spacial score (nSPS) is 24.4. The molecule has 0 aromatic heterocycles. The topological polar surface area (TPSA) is 55.7 Å². The summed E-state index contributed by atoms with van der Waals surface area (Å²) in [5.41, 5.74) is 1.59. The Kier molecular flexibility index (Phi) is 5.26. The van der Waals surface area contributed by atoms with Crippen molar-refractivity contribution in [1.29, 1.82) is 0 Å². The highest BCUT2D eigenvalue weighted by molar-refractivity contribution is 6.30. The summed E-state index contributed by atoms with van der Waals surface area (Å²) in [6.45, 7) is 7.65. The van der Waals surface area contributed by atoms with Gasteiger partial charge in [-0.25, -0.2) is 4.39 Å². The third kappa shape index (κ3) is 3.70. The molecule has 1 aromatic carbocycles. The molecule has 0 radical (unpaired) electrons. The number of esters is 1. The summed E-state index contributed by atoms with van der Waals surface area (Å²) < 4.78 is 20.0. The van der Waals surface area contributed by atoms with E-state index in [2.05, 4.69) is 4.99 Å². The van der Waals surface area contributed by atoms with Gasteiger partial charge in [0.15, 0.2) is 5.78 Å². The molecular weight excluding hydrogens is 369 g/mol. The molecule has 3 rings (SSSR count). The molecule has 2 atom stereocenters. The van der Waals surface area contributed by atoms with Crippen LogP contribution in [0.1, 0.15) is 52.0 Å². The maximum atomic E-state index is 14.8. The Morgan fingerprint density at radius 1 is 1.37 bits per heavy atom. The molecule has 0 bridgehead atoms. The second kappa shape index (κ2) is 7.19. The fourth-order valence-corrected chi connectivity index (χ4v) is 4.25. The summed E-state index contributed by atoms with van der Waals surface area (Å²) >= 11 is 6.10. The molecule has 1 aliphatic carbocycles. The number of hydrogen-bond acceptors (Lipinski definition) is 4. The van der Waals surface area contributed by atoms with Crippen molar-refractivity contribution >= 4 is 29.1 Å². The molecule has 1 aliphatic heterocycles. The number of hydrogen-bond donors (Lipinski definition) is 0. The van der Waals surface area contributed by atoms with E-state index in [1.165, 1.54) is 18.2 Å². The van der Waals surface area contributed by atoms with E-state index in [1.54, 1.807) is 13.8 Å². The van der Waals surface area contributed by atoms with Crippen LogP contribution in [0.4, 0.5) is 4.39 Å². The first kappa shape index (κ1) is 19.7. The van der Waals surface area contributed by atoms with Crippen molar-refractivity contribution in [3.8, 4) is 0 Å². The molecule has 0 saturated carbocycles. The van der Waals surface area contributed by atoms with Gasteiger partial charge in [-0.15, -0.1) is 0 Å². The first-order valence-corrected chi connectivity index (χ1v) is 9.45. The number of carbonyl (C=O) groups is 2. The summed E-state index contributed by atoms with van der Waals surface area (Å²) in [7, 11) is 0. The molecule has 27 heavy (non-hydrogen) atoms. The minimum absolute atomic E-state index is 0.101. The first-order chi connectivity index (χ1) is 12.6. The smallest absolute Gasteiger partial charge is 0.315 e. The van der Waals surface area contributed by atoms with E-state index in [1.807, 2.05) is 13.8 Å². The Hall–Kier alpha value is -2.01. The Bertz CT molecular complexity index is 872. The number of halogens is 2. The van der Waals surface area contributed by atoms with Crippen LogP contribution in [0, 0.1) is 17.2 Å². The zero-order valence-electron chi connectivity index (χ0n) is 15.9. The second-order valence-corrected chi connectivity index (χ2v) is 8.36. The Balaban J connectivity index is 2.23. The monoisotopic (exact) mass is 391 g/mol. The Morgan fingerprint density at radius 3 is 2.74 bits per heavy atom. The second-order valence-electron chi connectivity index (χ2n) is 7.93. The number of allylic oxidation sites excluding steroid dienone is 2. The third-order valence-electron chi connectivity index (χ3n) is 5.14. The van der Waals surface area contributed by atoms with Crippen LogP contribution < -0.4 is 0 Å². The lowest BCUT2D eigenvalue weighted by molar-refractivity contribution is -0.146. The number of benzene rings is 1. The molecule has 0 spiro atoms. The Morgan fingerprint density at radius 2 is 2.07 bits per heavy atom. The highest BCUT2D eigenvalue weighted by Crippen LogP contribution is 2.48. The van der Waals surface area contributed by atoms with Gasteiger partial charge in [0.25, 0.3) is 0 Å². The number of ketones is 1. The van der Waals surface area contributed by atoms with Gasteiger partial charge in [-0.1, -0.05) is 25.4 Å². The zero-order chi connectivity index (χ0) is 19.9. The predicted octanol–water partition coefficient (Wildman–Crippen LogP) is 4.86. The minimum Gasteiger partial charge on any atom is -0.465 e. The minimum atomic E-state index is -0.846. The first-order valence-electron chi connectivity index (χ1n) is 9.07. The quantitative estimate of drug-likeness (QED) is 0.691. The van der Waals surface area contributed by atoms with E-state index in [9.17, 15) is 14.0 Å². The van der Waals surface area contributed by atoms with Crippen molar-refractivity contribution in [2.24, 2.45) is 16.3 Å². The summed E-state index contributed by atoms with van der Waals surface area (Å²) in [4.78, 5) is 30.3. The van der Waals surface area contributed by atoms with Gasteiger partial charge in [-0.2, -0.15) is 0 Å². The number of rotatable bonds is 3. The summed E-state index contributed by atoms with van der Waals surface area (Å²) in [6.07, 6.45) is 0.925. The SMILES string of the molecule is CCOC(=O)C1C(C)=NC2=C(C(=O)CC(C)(C)C2)[C@@H]1c1cc(Cl)ccc1F. The van der Waals surface area contributed by atoms with E-state index >= 15 is 0 Å². The van der Waals surface area contributed by atoms with E-state index in [0.29, 0.717) is 34.8 Å². The molecule has 6 heteroatoms. The average molecular weight is 392 g/mol. The van der Waals surface area contributed by atoms with E-state index < -0.39 is 23.6 Å². The van der Waals surface area contributed by atoms with Gasteiger partial charge in [0, 0.05) is 34.3 Å². The maximum absolute atomic E-state index is 14.8. The maximum Gasteiger partial charge on any atom is 0.315 e. The zero-order valence-corrected chi connectivity index (χ0v) is 16.7. The van der Waals surface area contributed by atoms with Crippen LogP contribution >= 0.6 is 11.6 Å². The lowest BCUT2D eigenvalue weighted by Crippen LogP contribution is -2.39. The lowest BCUT2D eigenvalue weighted by atomic mass is 9.67. The molecule has 2 aliphatic rings. The number of ether oxygens (including phenoxy) is 1. The number of carbonyl (C=O) groups excluding carboxylic acids is 2. The van der Waals surface area contributed by atoms with Crippen molar-refractivity contribution < 1.29 is 18.7 Å². The van der Waals surface area contributed by atoms with E-state index in [4.69, 9.17) is 16.3 Å². The van der Waals surface area contributed by atoms with Crippen LogP contribution in [0.3, 0.4) is 0 Å². The van der Waals surface area contributed by atoms with Crippen LogP contribution in [-0.2, 0) is 14.3 Å². The molecule has 0 fully saturated rings. The molecule has 0 amide bonds. The fourth-order valence-electron chi connectivity index (χ4n) is 4.07. The lowest BCUT2D eigenvalue weighted by Gasteiger charge is -2.39. The van der Waals surface area contributed by atoms with Crippen LogP contribution in [0.15, 0.2) is 34.5 Å². The van der Waals surface area contributed by atoms with Crippen LogP contribution in [0.5, 0.6) is 0 Å². The van der Waals surface area contributed by atoms with Gasteiger partial charge in [-0.3, -0.25) is 14.6 Å². The van der Waals surface area contributed by atoms with Crippen molar-refractivity contribution in [1.82, 2.24) is 0 Å². The summed E-state index contributed by atoms with van der Waals surface area (Å²) in [5.74, 6) is -2.73. The number of aliphatic imine (C=N–C) groups is 1. The fraction of sp³-hybridized carbons (Fsp3) is 0.476. The number of nitrogens with zero attached hydrogens (tertiary/aromatic N) is 1. The van der Waals surface area contributed by atoms with E-state index in [-0.39, 0.29) is 23.4 Å². The molecule has 1 heterocycles. The van der Waals surface area contributed by atoms with Gasteiger partial charge in [0.1, 0.15) is 11.7 Å².